The standard InChI is InChI=1S/C12H17ClN2S/c1-2-10(11-6-7-12(13)16-11)15-9-5-3-4-8-14/h6-7,10,15H,2-5,9H2,1H3. The molecule has 0 aliphatic heterocycles. The third kappa shape index (κ3) is 4.52. The molecule has 0 aliphatic carbocycles. The van der Waals surface area contributed by atoms with Gasteiger partial charge < -0.3 is 5.32 Å². The van der Waals surface area contributed by atoms with Crippen LogP contribution in [0.5, 0.6) is 0 Å². The maximum absolute atomic E-state index is 8.42. The molecule has 1 aromatic rings. The van der Waals surface area contributed by atoms with Crippen LogP contribution in [-0.2, 0) is 0 Å². The molecule has 0 aromatic carbocycles. The van der Waals surface area contributed by atoms with E-state index in [4.69, 9.17) is 16.9 Å². The van der Waals surface area contributed by atoms with Crippen LogP contribution in [0.4, 0.5) is 0 Å². The highest BCUT2D eigenvalue weighted by Gasteiger charge is 2.10. The van der Waals surface area contributed by atoms with E-state index in [1.807, 2.05) is 6.07 Å². The van der Waals surface area contributed by atoms with Gasteiger partial charge in [-0.05, 0) is 37.9 Å². The number of nitriles is 1. The maximum atomic E-state index is 8.42. The predicted octanol–water partition coefficient (Wildman–Crippen LogP) is 4.14. The summed E-state index contributed by atoms with van der Waals surface area (Å²) in [4.78, 5) is 1.30. The van der Waals surface area contributed by atoms with E-state index in [9.17, 15) is 0 Å². The topological polar surface area (TPSA) is 35.8 Å². The lowest BCUT2D eigenvalue weighted by Gasteiger charge is -2.14. The number of unbranched alkanes of at least 4 members (excludes halogenated alkanes) is 2. The van der Waals surface area contributed by atoms with Crippen molar-refractivity contribution in [3.05, 3.63) is 21.3 Å². The summed E-state index contributed by atoms with van der Waals surface area (Å²) in [5.41, 5.74) is 0. The van der Waals surface area contributed by atoms with E-state index >= 15 is 0 Å². The van der Waals surface area contributed by atoms with E-state index in [0.29, 0.717) is 12.5 Å². The van der Waals surface area contributed by atoms with Crippen molar-refractivity contribution in [2.24, 2.45) is 0 Å². The minimum Gasteiger partial charge on any atom is -0.309 e. The van der Waals surface area contributed by atoms with Gasteiger partial charge in [-0.1, -0.05) is 18.5 Å². The molecule has 0 spiro atoms. The largest absolute Gasteiger partial charge is 0.309 e. The van der Waals surface area contributed by atoms with E-state index in [1.54, 1.807) is 11.3 Å². The average molecular weight is 257 g/mol. The Morgan fingerprint density at radius 1 is 1.50 bits per heavy atom. The highest BCUT2D eigenvalue weighted by atomic mass is 35.5. The molecule has 16 heavy (non-hydrogen) atoms. The second kappa shape index (κ2) is 7.67. The monoisotopic (exact) mass is 256 g/mol. The normalized spacial score (nSPS) is 12.3. The number of nitrogens with one attached hydrogen (secondary N) is 1. The Balaban J connectivity index is 2.30. The third-order valence-corrected chi connectivity index (χ3v) is 3.80. The summed E-state index contributed by atoms with van der Waals surface area (Å²) in [6.45, 7) is 3.14. The first-order valence-corrected chi connectivity index (χ1v) is 6.83. The summed E-state index contributed by atoms with van der Waals surface area (Å²) >= 11 is 7.56. The molecule has 0 fully saturated rings. The second-order valence-electron chi connectivity index (χ2n) is 3.67. The van der Waals surface area contributed by atoms with Crippen molar-refractivity contribution in [3.8, 4) is 6.07 Å². The highest BCUT2D eigenvalue weighted by molar-refractivity contribution is 7.16. The number of thiophene rings is 1. The van der Waals surface area contributed by atoms with Crippen molar-refractivity contribution in [3.63, 3.8) is 0 Å². The lowest BCUT2D eigenvalue weighted by molar-refractivity contribution is 0.511. The van der Waals surface area contributed by atoms with Crippen molar-refractivity contribution in [2.75, 3.05) is 6.54 Å². The zero-order valence-electron chi connectivity index (χ0n) is 9.50. The van der Waals surface area contributed by atoms with Crippen molar-refractivity contribution in [2.45, 2.75) is 38.6 Å². The zero-order valence-corrected chi connectivity index (χ0v) is 11.1. The van der Waals surface area contributed by atoms with Gasteiger partial charge in [-0.15, -0.1) is 11.3 Å². The van der Waals surface area contributed by atoms with Gasteiger partial charge in [-0.2, -0.15) is 5.26 Å². The highest BCUT2D eigenvalue weighted by Crippen LogP contribution is 2.28. The predicted molar refractivity (Wildman–Crippen MR) is 69.8 cm³/mol. The quantitative estimate of drug-likeness (QED) is 0.745. The molecule has 0 amide bonds. The molecule has 4 heteroatoms. The van der Waals surface area contributed by atoms with Crippen LogP contribution in [0.25, 0.3) is 0 Å². The first kappa shape index (κ1) is 13.5. The number of hydrogen-bond acceptors (Lipinski definition) is 3. The average Bonchev–Trinajstić information content (AvgIpc) is 2.70. The number of hydrogen-bond donors (Lipinski definition) is 1. The minimum absolute atomic E-state index is 0.402. The summed E-state index contributed by atoms with van der Waals surface area (Å²) in [6, 6.07) is 6.60. The summed E-state index contributed by atoms with van der Waals surface area (Å²) in [7, 11) is 0. The maximum Gasteiger partial charge on any atom is 0.0931 e. The SMILES string of the molecule is CCC(NCCCCC#N)c1ccc(Cl)s1. The van der Waals surface area contributed by atoms with Gasteiger partial charge in [-0.25, -0.2) is 0 Å². The van der Waals surface area contributed by atoms with Crippen molar-refractivity contribution < 1.29 is 0 Å². The van der Waals surface area contributed by atoms with Gasteiger partial charge in [0.2, 0.25) is 0 Å². The smallest absolute Gasteiger partial charge is 0.0931 e. The van der Waals surface area contributed by atoms with Gasteiger partial charge in [0, 0.05) is 17.3 Å². The van der Waals surface area contributed by atoms with Crippen LogP contribution in [-0.4, -0.2) is 6.54 Å². The van der Waals surface area contributed by atoms with Crippen molar-refractivity contribution in [1.82, 2.24) is 5.32 Å². The second-order valence-corrected chi connectivity index (χ2v) is 5.42. The van der Waals surface area contributed by atoms with Gasteiger partial charge in [0.1, 0.15) is 0 Å². The molecule has 0 bridgehead atoms. The Labute approximate surface area is 106 Å². The van der Waals surface area contributed by atoms with Crippen LogP contribution in [0.15, 0.2) is 12.1 Å². The third-order valence-electron chi connectivity index (χ3n) is 2.45. The minimum atomic E-state index is 0.402. The summed E-state index contributed by atoms with van der Waals surface area (Å²) in [6.07, 6.45) is 3.76. The van der Waals surface area contributed by atoms with Gasteiger partial charge in [0.05, 0.1) is 10.4 Å². The molecule has 0 saturated carbocycles. The van der Waals surface area contributed by atoms with Crippen LogP contribution in [0, 0.1) is 11.3 Å². The number of nitrogens with zero attached hydrogens (tertiary/aromatic N) is 1. The van der Waals surface area contributed by atoms with Gasteiger partial charge >= 0.3 is 0 Å². The fourth-order valence-corrected chi connectivity index (χ4v) is 2.79. The molecular formula is C12H17ClN2S. The Kier molecular flexibility index (Phi) is 6.47. The molecule has 0 saturated heterocycles. The Bertz CT molecular complexity index is 343. The molecule has 1 atom stereocenters. The summed E-state index contributed by atoms with van der Waals surface area (Å²) in [5, 5.41) is 11.9. The van der Waals surface area contributed by atoms with Gasteiger partial charge in [0.15, 0.2) is 0 Å². The van der Waals surface area contributed by atoms with E-state index in [2.05, 4.69) is 24.4 Å². The molecule has 1 rings (SSSR count). The van der Waals surface area contributed by atoms with Crippen molar-refractivity contribution in [1.29, 1.82) is 5.26 Å². The molecule has 2 nitrogen and oxygen atoms in total. The van der Waals surface area contributed by atoms with Gasteiger partial charge in [0.25, 0.3) is 0 Å². The molecule has 88 valence electrons. The van der Waals surface area contributed by atoms with Crippen LogP contribution < -0.4 is 5.32 Å². The van der Waals surface area contributed by atoms with E-state index in [1.165, 1.54) is 4.88 Å². The molecule has 1 heterocycles. The fraction of sp³-hybridized carbons (Fsp3) is 0.583. The Morgan fingerprint density at radius 2 is 2.31 bits per heavy atom. The fourth-order valence-electron chi connectivity index (χ4n) is 1.57. The van der Waals surface area contributed by atoms with Crippen LogP contribution in [0.3, 0.4) is 0 Å². The first-order valence-electron chi connectivity index (χ1n) is 5.63. The van der Waals surface area contributed by atoms with Crippen LogP contribution in [0.1, 0.15) is 43.5 Å². The molecule has 0 aliphatic rings. The van der Waals surface area contributed by atoms with E-state index < -0.39 is 0 Å². The Morgan fingerprint density at radius 3 is 2.88 bits per heavy atom. The summed E-state index contributed by atoms with van der Waals surface area (Å²) in [5.74, 6) is 0. The Hall–Kier alpha value is -0.560. The van der Waals surface area contributed by atoms with E-state index in [0.717, 1.165) is 30.1 Å². The van der Waals surface area contributed by atoms with Crippen LogP contribution in [0.2, 0.25) is 4.34 Å². The molecule has 1 aromatic heterocycles. The van der Waals surface area contributed by atoms with Crippen LogP contribution >= 0.6 is 22.9 Å². The molecule has 0 radical (unpaired) electrons. The first-order chi connectivity index (χ1) is 7.77. The lowest BCUT2D eigenvalue weighted by atomic mass is 10.1. The van der Waals surface area contributed by atoms with Crippen molar-refractivity contribution >= 4 is 22.9 Å². The summed E-state index contributed by atoms with van der Waals surface area (Å²) < 4.78 is 0.847. The van der Waals surface area contributed by atoms with E-state index in [-0.39, 0.29) is 0 Å². The lowest BCUT2D eigenvalue weighted by Crippen LogP contribution is -2.20. The zero-order chi connectivity index (χ0) is 11.8. The number of rotatable bonds is 7. The molecule has 1 unspecified atom stereocenters. The number of halogens is 1. The molecule has 1 N–H and O–H groups in total. The van der Waals surface area contributed by atoms with Gasteiger partial charge in [-0.3, -0.25) is 0 Å². The molecular weight excluding hydrogens is 240 g/mol.